The highest BCUT2D eigenvalue weighted by atomic mass is 19.4. The molecule has 0 bridgehead atoms. The van der Waals surface area contributed by atoms with Crippen molar-refractivity contribution < 1.29 is 50.0 Å². The van der Waals surface area contributed by atoms with Crippen molar-refractivity contribution in [1.82, 2.24) is 0 Å². The van der Waals surface area contributed by atoms with Crippen LogP contribution >= 0.6 is 0 Å². The average Bonchev–Trinajstić information content (AvgIpc) is 3.15. The van der Waals surface area contributed by atoms with Crippen LogP contribution in [0.5, 0.6) is 0 Å². The van der Waals surface area contributed by atoms with Crippen LogP contribution in [0.15, 0.2) is 0 Å². The summed E-state index contributed by atoms with van der Waals surface area (Å²) < 4.78 is 103. The van der Waals surface area contributed by atoms with Crippen molar-refractivity contribution in [3.05, 3.63) is 0 Å². The van der Waals surface area contributed by atoms with E-state index in [-0.39, 0.29) is 37.3 Å². The van der Waals surface area contributed by atoms with Gasteiger partial charge in [0.05, 0.1) is 32.5 Å². The van der Waals surface area contributed by atoms with Crippen molar-refractivity contribution in [1.29, 1.82) is 0 Å². The number of ether oxygens (including phenoxy) is 5. The quantitative estimate of drug-likeness (QED) is 0.109. The lowest BCUT2D eigenvalue weighted by molar-refractivity contribution is -0.232. The summed E-state index contributed by atoms with van der Waals surface area (Å²) in [5, 5.41) is 0. The minimum absolute atomic E-state index is 0.0931. The molecule has 3 aliphatic carbocycles. The van der Waals surface area contributed by atoms with Crippen LogP contribution in [0, 0.1) is 41.4 Å². The first-order valence-corrected chi connectivity index (χ1v) is 22.1. The molecule has 2 saturated heterocycles. The van der Waals surface area contributed by atoms with E-state index in [2.05, 4.69) is 13.8 Å². The summed E-state index contributed by atoms with van der Waals surface area (Å²) in [5.41, 5.74) is 0. The van der Waals surface area contributed by atoms with Crippen LogP contribution in [0.3, 0.4) is 0 Å². The Labute approximate surface area is 323 Å². The minimum atomic E-state index is -4.06. The van der Waals surface area contributed by atoms with Crippen molar-refractivity contribution in [3.63, 3.8) is 0 Å². The van der Waals surface area contributed by atoms with E-state index in [4.69, 9.17) is 23.7 Å². The molecule has 0 atom stereocenters. The number of unbranched alkanes of at least 4 members (excludes halogenated alkanes) is 5. The van der Waals surface area contributed by atoms with E-state index < -0.39 is 25.2 Å². The summed E-state index contributed by atoms with van der Waals surface area (Å²) >= 11 is 0. The first-order chi connectivity index (χ1) is 25.9. The van der Waals surface area contributed by atoms with E-state index in [1.165, 1.54) is 83.5 Å². The largest absolute Gasteiger partial charge is 0.389 e. The van der Waals surface area contributed by atoms with Crippen LogP contribution in [0.4, 0.5) is 26.3 Å². The van der Waals surface area contributed by atoms with Crippen LogP contribution in [0.25, 0.3) is 0 Å². The molecular formula is C43H74F6O5. The van der Waals surface area contributed by atoms with Gasteiger partial charge in [0.1, 0.15) is 0 Å². The minimum Gasteiger partial charge on any atom is -0.378 e. The van der Waals surface area contributed by atoms with Crippen molar-refractivity contribution in [2.24, 2.45) is 41.4 Å². The third-order valence-corrected chi connectivity index (χ3v) is 13.0. The SMILES string of the molecule is CC1CCC(C2CCC(C3OCC(CCCC(F)(F)F)CO3)CC2)CC1.CCCCCCCCOC1CCC(C2OCC(CCCC(F)(F)F)CO2)CC1. The molecule has 0 unspecified atom stereocenters. The Morgan fingerprint density at radius 1 is 0.481 bits per heavy atom. The number of hydrogen-bond acceptors (Lipinski definition) is 5. The van der Waals surface area contributed by atoms with Gasteiger partial charge in [-0.1, -0.05) is 58.8 Å². The van der Waals surface area contributed by atoms with Crippen LogP contribution in [-0.4, -0.2) is 64.1 Å². The predicted molar refractivity (Wildman–Crippen MR) is 200 cm³/mol. The monoisotopic (exact) mass is 785 g/mol. The van der Waals surface area contributed by atoms with Gasteiger partial charge < -0.3 is 23.7 Å². The number of halogens is 6. The molecule has 318 valence electrons. The molecule has 0 aromatic rings. The molecule has 0 N–H and O–H groups in total. The summed E-state index contributed by atoms with van der Waals surface area (Å²) in [4.78, 5) is 0. The predicted octanol–water partition coefficient (Wildman–Crippen LogP) is 13.0. The highest BCUT2D eigenvalue weighted by Crippen LogP contribution is 2.43. The number of alkyl halides is 6. The average molecular weight is 785 g/mol. The topological polar surface area (TPSA) is 46.2 Å². The third-order valence-electron chi connectivity index (χ3n) is 13.0. The second-order valence-corrected chi connectivity index (χ2v) is 17.7. The third kappa shape index (κ3) is 18.3. The smallest absolute Gasteiger partial charge is 0.378 e. The van der Waals surface area contributed by atoms with Gasteiger partial charge in [-0.2, -0.15) is 26.3 Å². The molecule has 5 rings (SSSR count). The highest BCUT2D eigenvalue weighted by molar-refractivity contribution is 4.83. The summed E-state index contributed by atoms with van der Waals surface area (Å²) in [7, 11) is 0. The van der Waals surface area contributed by atoms with E-state index in [1.807, 2.05) is 0 Å². The fourth-order valence-corrected chi connectivity index (χ4v) is 9.48. The van der Waals surface area contributed by atoms with E-state index in [0.717, 1.165) is 56.5 Å². The molecule has 0 amide bonds. The maximum atomic E-state index is 12.2. The second kappa shape index (κ2) is 24.3. The van der Waals surface area contributed by atoms with Gasteiger partial charge in [-0.15, -0.1) is 0 Å². The van der Waals surface area contributed by atoms with Crippen molar-refractivity contribution in [2.75, 3.05) is 33.0 Å². The van der Waals surface area contributed by atoms with Crippen LogP contribution in [0.1, 0.15) is 168 Å². The molecule has 3 saturated carbocycles. The highest BCUT2D eigenvalue weighted by Gasteiger charge is 2.37. The van der Waals surface area contributed by atoms with Crippen molar-refractivity contribution >= 4 is 0 Å². The summed E-state index contributed by atoms with van der Waals surface area (Å²) in [6.45, 7) is 7.65. The van der Waals surface area contributed by atoms with Crippen LogP contribution in [-0.2, 0) is 23.7 Å². The maximum Gasteiger partial charge on any atom is 0.389 e. The molecule has 2 aliphatic heterocycles. The molecule has 0 radical (unpaired) electrons. The Kier molecular flexibility index (Phi) is 20.8. The van der Waals surface area contributed by atoms with Crippen molar-refractivity contribution in [2.45, 2.75) is 199 Å². The molecule has 0 aromatic heterocycles. The number of hydrogen-bond donors (Lipinski definition) is 0. The standard InChI is InChI=1S/C22H39F3O3.C21H35F3O2/c1-2-3-4-5-6-7-15-26-20-12-10-19(11-13-20)21-27-16-18(17-28-21)9-8-14-22(23,24)25;1-15-4-6-17(7-5-15)18-8-10-19(11-9-18)20-25-13-16(14-26-20)3-2-12-21(22,23)24/h18-21H,2-17H2,1H3;15-20H,2-14H2,1H3. The Hall–Kier alpha value is -0.620. The van der Waals surface area contributed by atoms with Crippen LogP contribution in [0.2, 0.25) is 0 Å². The van der Waals surface area contributed by atoms with Gasteiger partial charge in [0.15, 0.2) is 12.6 Å². The second-order valence-electron chi connectivity index (χ2n) is 17.7. The van der Waals surface area contributed by atoms with Gasteiger partial charge in [0, 0.05) is 43.1 Å². The normalized spacial score (nSPS) is 34.2. The van der Waals surface area contributed by atoms with Gasteiger partial charge >= 0.3 is 12.4 Å². The maximum absolute atomic E-state index is 12.2. The number of rotatable bonds is 17. The zero-order valence-electron chi connectivity index (χ0n) is 33.6. The Bertz CT molecular complexity index is 941. The molecule has 5 nitrogen and oxygen atoms in total. The molecule has 5 fully saturated rings. The van der Waals surface area contributed by atoms with E-state index >= 15 is 0 Å². The first kappa shape index (κ1) is 46.1. The fraction of sp³-hybridized carbons (Fsp3) is 1.00. The molecule has 54 heavy (non-hydrogen) atoms. The van der Waals surface area contributed by atoms with Gasteiger partial charge in [-0.25, -0.2) is 0 Å². The summed E-state index contributed by atoms with van der Waals surface area (Å²) in [6, 6.07) is 0. The Balaban J connectivity index is 0.000000241. The zero-order valence-corrected chi connectivity index (χ0v) is 33.6. The lowest BCUT2D eigenvalue weighted by Crippen LogP contribution is -2.39. The lowest BCUT2D eigenvalue weighted by Gasteiger charge is -2.40. The first-order valence-electron chi connectivity index (χ1n) is 22.1. The summed E-state index contributed by atoms with van der Waals surface area (Å²) in [6.07, 6.45) is 14.4. The zero-order chi connectivity index (χ0) is 38.8. The molecule has 5 aliphatic rings. The molecule has 0 aromatic carbocycles. The summed E-state index contributed by atoms with van der Waals surface area (Å²) in [5.74, 6) is 3.81. The van der Waals surface area contributed by atoms with Crippen molar-refractivity contribution in [3.8, 4) is 0 Å². The molecule has 2 heterocycles. The van der Waals surface area contributed by atoms with E-state index in [0.29, 0.717) is 57.2 Å². The van der Waals surface area contributed by atoms with Gasteiger partial charge in [-0.05, 0) is 114 Å². The van der Waals surface area contributed by atoms with Gasteiger partial charge in [0.25, 0.3) is 0 Å². The molecule has 11 heteroatoms. The van der Waals surface area contributed by atoms with Gasteiger partial charge in [-0.3, -0.25) is 0 Å². The van der Waals surface area contributed by atoms with Gasteiger partial charge in [0.2, 0.25) is 0 Å². The van der Waals surface area contributed by atoms with Crippen LogP contribution < -0.4 is 0 Å². The lowest BCUT2D eigenvalue weighted by atomic mass is 9.69. The molecule has 0 spiro atoms. The Morgan fingerprint density at radius 3 is 1.31 bits per heavy atom. The van der Waals surface area contributed by atoms with E-state index in [1.54, 1.807) is 0 Å². The Morgan fingerprint density at radius 2 is 0.870 bits per heavy atom. The fourth-order valence-electron chi connectivity index (χ4n) is 9.48. The molecular weight excluding hydrogens is 710 g/mol. The van der Waals surface area contributed by atoms with E-state index in [9.17, 15) is 26.3 Å².